The fraction of sp³-hybridized carbons (Fsp3) is 0.545. The van der Waals surface area contributed by atoms with Crippen molar-refractivity contribution in [3.05, 3.63) is 46.8 Å². The molecule has 0 unspecified atom stereocenters. The number of piperazine rings is 1. The van der Waals surface area contributed by atoms with Gasteiger partial charge in [-0.1, -0.05) is 12.1 Å². The fourth-order valence-electron chi connectivity index (χ4n) is 3.84. The van der Waals surface area contributed by atoms with Crippen LogP contribution in [-0.2, 0) is 24.8 Å². The van der Waals surface area contributed by atoms with Crippen LogP contribution in [0, 0.1) is 13.8 Å². The molecule has 1 aliphatic rings. The normalized spacial score (nSPS) is 15.1. The van der Waals surface area contributed by atoms with Crippen molar-refractivity contribution in [2.24, 2.45) is 7.05 Å². The van der Waals surface area contributed by atoms with Crippen LogP contribution in [0.25, 0.3) is 0 Å². The molecule has 28 heavy (non-hydrogen) atoms. The maximum Gasteiger partial charge on any atom is 0.222 e. The van der Waals surface area contributed by atoms with Crippen LogP contribution in [0.1, 0.15) is 35.9 Å². The Bertz CT molecular complexity index is 790. The molecule has 1 aliphatic heterocycles. The Labute approximate surface area is 168 Å². The standard InChI is InChI=1S/C22H32N4O2/c1-5-28-20-8-6-19(7-9-20)16-25-12-14-26(15-13-25)22(27)11-10-21-17(2)23-24(4)18(21)3/h6-9H,5,10-16H2,1-4H3. The van der Waals surface area contributed by atoms with E-state index in [4.69, 9.17) is 4.74 Å². The van der Waals surface area contributed by atoms with Crippen LogP contribution in [0.4, 0.5) is 0 Å². The molecule has 0 spiro atoms. The van der Waals surface area contributed by atoms with Gasteiger partial charge in [0.2, 0.25) is 5.91 Å². The zero-order valence-corrected chi connectivity index (χ0v) is 17.6. The van der Waals surface area contributed by atoms with E-state index in [1.807, 2.05) is 42.6 Å². The highest BCUT2D eigenvalue weighted by Gasteiger charge is 2.21. The van der Waals surface area contributed by atoms with Gasteiger partial charge in [0.1, 0.15) is 5.75 Å². The van der Waals surface area contributed by atoms with Gasteiger partial charge in [-0.25, -0.2) is 0 Å². The lowest BCUT2D eigenvalue weighted by Gasteiger charge is -2.35. The Kier molecular flexibility index (Phi) is 6.73. The van der Waals surface area contributed by atoms with E-state index in [0.717, 1.165) is 56.3 Å². The average Bonchev–Trinajstić information content (AvgIpc) is 2.94. The van der Waals surface area contributed by atoms with Crippen LogP contribution in [0.5, 0.6) is 5.75 Å². The summed E-state index contributed by atoms with van der Waals surface area (Å²) in [6.07, 6.45) is 1.34. The van der Waals surface area contributed by atoms with Gasteiger partial charge >= 0.3 is 0 Å². The van der Waals surface area contributed by atoms with Gasteiger partial charge in [-0.05, 0) is 50.5 Å². The molecular weight excluding hydrogens is 352 g/mol. The first-order valence-electron chi connectivity index (χ1n) is 10.2. The van der Waals surface area contributed by atoms with Gasteiger partial charge in [0.15, 0.2) is 0 Å². The first-order chi connectivity index (χ1) is 13.5. The first-order valence-corrected chi connectivity index (χ1v) is 10.2. The highest BCUT2D eigenvalue weighted by atomic mass is 16.5. The molecule has 1 fully saturated rings. The molecular formula is C22H32N4O2. The average molecular weight is 385 g/mol. The van der Waals surface area contributed by atoms with E-state index < -0.39 is 0 Å². The Morgan fingerprint density at radius 2 is 1.79 bits per heavy atom. The van der Waals surface area contributed by atoms with Gasteiger partial charge in [0, 0.05) is 51.9 Å². The predicted octanol–water partition coefficient (Wildman–Crippen LogP) is 2.71. The number of aryl methyl sites for hydroxylation is 2. The van der Waals surface area contributed by atoms with Gasteiger partial charge in [-0.3, -0.25) is 14.4 Å². The Morgan fingerprint density at radius 1 is 1.11 bits per heavy atom. The topological polar surface area (TPSA) is 50.6 Å². The number of hydrogen-bond acceptors (Lipinski definition) is 4. The lowest BCUT2D eigenvalue weighted by atomic mass is 10.1. The number of rotatable bonds is 7. The highest BCUT2D eigenvalue weighted by molar-refractivity contribution is 5.76. The summed E-state index contributed by atoms with van der Waals surface area (Å²) in [6, 6.07) is 8.31. The molecule has 1 aromatic heterocycles. The summed E-state index contributed by atoms with van der Waals surface area (Å²) in [5.74, 6) is 1.17. The molecule has 2 heterocycles. The second-order valence-electron chi connectivity index (χ2n) is 7.51. The monoisotopic (exact) mass is 384 g/mol. The summed E-state index contributed by atoms with van der Waals surface area (Å²) < 4.78 is 7.40. The number of amides is 1. The minimum Gasteiger partial charge on any atom is -0.494 e. The van der Waals surface area contributed by atoms with Gasteiger partial charge < -0.3 is 9.64 Å². The molecule has 1 aromatic carbocycles. The van der Waals surface area contributed by atoms with Crippen molar-refractivity contribution >= 4 is 5.91 Å². The number of nitrogens with zero attached hydrogens (tertiary/aromatic N) is 4. The molecule has 0 bridgehead atoms. The quantitative estimate of drug-likeness (QED) is 0.737. The summed E-state index contributed by atoms with van der Waals surface area (Å²) in [4.78, 5) is 17.1. The lowest BCUT2D eigenvalue weighted by Crippen LogP contribution is -2.48. The molecule has 0 saturated carbocycles. The number of carbonyl (C=O) groups is 1. The zero-order chi connectivity index (χ0) is 20.1. The third kappa shape index (κ3) is 4.93. The van der Waals surface area contributed by atoms with Crippen molar-refractivity contribution in [3.8, 4) is 5.75 Å². The number of carbonyl (C=O) groups excluding carboxylic acids is 1. The van der Waals surface area contributed by atoms with Crippen molar-refractivity contribution in [2.75, 3.05) is 32.8 Å². The van der Waals surface area contributed by atoms with Gasteiger partial charge in [0.05, 0.1) is 12.3 Å². The smallest absolute Gasteiger partial charge is 0.222 e. The summed E-state index contributed by atoms with van der Waals surface area (Å²) in [6.45, 7) is 11.1. The SMILES string of the molecule is CCOc1ccc(CN2CCN(C(=O)CCc3c(C)nn(C)c3C)CC2)cc1. The van der Waals surface area contributed by atoms with E-state index in [2.05, 4.69) is 29.1 Å². The number of hydrogen-bond donors (Lipinski definition) is 0. The number of benzene rings is 1. The Morgan fingerprint density at radius 3 is 2.36 bits per heavy atom. The van der Waals surface area contributed by atoms with E-state index in [9.17, 15) is 4.79 Å². The molecule has 1 saturated heterocycles. The Hall–Kier alpha value is -2.34. The lowest BCUT2D eigenvalue weighted by molar-refractivity contribution is -0.133. The molecule has 2 aromatic rings. The Balaban J connectivity index is 1.44. The van der Waals surface area contributed by atoms with Crippen LogP contribution in [-0.4, -0.2) is 58.3 Å². The molecule has 6 nitrogen and oxygen atoms in total. The third-order valence-electron chi connectivity index (χ3n) is 5.61. The summed E-state index contributed by atoms with van der Waals surface area (Å²) in [5.41, 5.74) is 4.69. The van der Waals surface area contributed by atoms with Crippen molar-refractivity contribution in [1.82, 2.24) is 19.6 Å². The molecule has 3 rings (SSSR count). The third-order valence-corrected chi connectivity index (χ3v) is 5.61. The molecule has 0 aliphatic carbocycles. The second-order valence-corrected chi connectivity index (χ2v) is 7.51. The van der Waals surface area contributed by atoms with Gasteiger partial charge in [-0.2, -0.15) is 5.10 Å². The van der Waals surface area contributed by atoms with Crippen molar-refractivity contribution < 1.29 is 9.53 Å². The molecule has 6 heteroatoms. The molecule has 0 radical (unpaired) electrons. The van der Waals surface area contributed by atoms with Crippen molar-refractivity contribution in [1.29, 1.82) is 0 Å². The maximum atomic E-state index is 12.6. The van der Waals surface area contributed by atoms with Gasteiger partial charge in [-0.15, -0.1) is 0 Å². The van der Waals surface area contributed by atoms with E-state index in [1.165, 1.54) is 11.1 Å². The number of aromatic nitrogens is 2. The van der Waals surface area contributed by atoms with Crippen LogP contribution in [0.2, 0.25) is 0 Å². The van der Waals surface area contributed by atoms with Crippen LogP contribution in [0.15, 0.2) is 24.3 Å². The minimum absolute atomic E-state index is 0.253. The largest absolute Gasteiger partial charge is 0.494 e. The predicted molar refractivity (Wildman–Crippen MR) is 110 cm³/mol. The zero-order valence-electron chi connectivity index (χ0n) is 17.6. The van der Waals surface area contributed by atoms with Crippen LogP contribution >= 0.6 is 0 Å². The number of ether oxygens (including phenoxy) is 1. The van der Waals surface area contributed by atoms with Crippen molar-refractivity contribution in [2.45, 2.75) is 40.2 Å². The highest BCUT2D eigenvalue weighted by Crippen LogP contribution is 2.17. The maximum absolute atomic E-state index is 12.6. The summed E-state index contributed by atoms with van der Waals surface area (Å²) in [5, 5.41) is 4.44. The van der Waals surface area contributed by atoms with E-state index in [1.54, 1.807) is 0 Å². The van der Waals surface area contributed by atoms with E-state index in [-0.39, 0.29) is 5.91 Å². The second kappa shape index (κ2) is 9.24. The minimum atomic E-state index is 0.253. The fourth-order valence-corrected chi connectivity index (χ4v) is 3.84. The van der Waals surface area contributed by atoms with Gasteiger partial charge in [0.25, 0.3) is 0 Å². The molecule has 0 atom stereocenters. The van der Waals surface area contributed by atoms with Crippen LogP contribution < -0.4 is 4.74 Å². The van der Waals surface area contributed by atoms with E-state index >= 15 is 0 Å². The van der Waals surface area contributed by atoms with E-state index in [0.29, 0.717) is 13.0 Å². The molecule has 152 valence electrons. The molecule has 1 amide bonds. The van der Waals surface area contributed by atoms with Crippen molar-refractivity contribution in [3.63, 3.8) is 0 Å². The molecule has 0 N–H and O–H groups in total. The summed E-state index contributed by atoms with van der Waals surface area (Å²) in [7, 11) is 1.96. The van der Waals surface area contributed by atoms with Crippen LogP contribution in [0.3, 0.4) is 0 Å². The first kappa shape index (κ1) is 20.4. The summed E-state index contributed by atoms with van der Waals surface area (Å²) >= 11 is 0.